The van der Waals surface area contributed by atoms with Crippen molar-refractivity contribution in [1.29, 1.82) is 0 Å². The molecule has 2 rings (SSSR count). The number of para-hydroxylation sites is 1. The maximum Gasteiger partial charge on any atom is 0.418 e. The fourth-order valence-electron chi connectivity index (χ4n) is 1.75. The summed E-state index contributed by atoms with van der Waals surface area (Å²) < 4.78 is 38.7. The van der Waals surface area contributed by atoms with E-state index in [2.05, 4.69) is 10.3 Å². The van der Waals surface area contributed by atoms with Crippen molar-refractivity contribution in [2.75, 3.05) is 5.32 Å². The number of benzene rings is 1. The molecule has 2 aromatic rings. The van der Waals surface area contributed by atoms with Gasteiger partial charge in [0.25, 0.3) is 0 Å². The topological polar surface area (TPSA) is 42.0 Å². The lowest BCUT2D eigenvalue weighted by Gasteiger charge is -2.16. The van der Waals surface area contributed by atoms with E-state index < -0.39 is 22.9 Å². The van der Waals surface area contributed by atoms with E-state index in [4.69, 9.17) is 11.6 Å². The molecule has 0 saturated carbocycles. The highest BCUT2D eigenvalue weighted by atomic mass is 35.5. The molecule has 0 spiro atoms. The summed E-state index contributed by atoms with van der Waals surface area (Å²) in [4.78, 5) is 16.2. The number of anilines is 1. The molecule has 1 aromatic carbocycles. The number of carbonyl (C=O) groups excluding carboxylic acids is 1. The van der Waals surface area contributed by atoms with Crippen molar-refractivity contribution in [2.45, 2.75) is 23.4 Å². The summed E-state index contributed by atoms with van der Waals surface area (Å²) in [6.07, 6.45) is -3.01. The Hall–Kier alpha value is -1.73. The van der Waals surface area contributed by atoms with Gasteiger partial charge in [-0.2, -0.15) is 13.2 Å². The number of pyridine rings is 1. The molecule has 1 N–H and O–H groups in total. The van der Waals surface area contributed by atoms with E-state index in [1.807, 2.05) is 0 Å². The number of alkyl halides is 3. The van der Waals surface area contributed by atoms with Crippen molar-refractivity contribution >= 4 is 35.0 Å². The SMILES string of the molecule is CC(Sc1ncccc1Cl)C(=O)Nc1ccccc1C(F)(F)F. The van der Waals surface area contributed by atoms with Gasteiger partial charge in [0, 0.05) is 6.20 Å². The highest BCUT2D eigenvalue weighted by Gasteiger charge is 2.33. The third-order valence-corrected chi connectivity index (χ3v) is 4.41. The zero-order chi connectivity index (χ0) is 17.0. The van der Waals surface area contributed by atoms with Crippen molar-refractivity contribution in [2.24, 2.45) is 0 Å². The van der Waals surface area contributed by atoms with Crippen LogP contribution in [0.5, 0.6) is 0 Å². The number of aromatic nitrogens is 1. The molecule has 1 aromatic heterocycles. The van der Waals surface area contributed by atoms with E-state index in [-0.39, 0.29) is 5.69 Å². The van der Waals surface area contributed by atoms with Gasteiger partial charge in [-0.25, -0.2) is 4.98 Å². The molecule has 122 valence electrons. The van der Waals surface area contributed by atoms with Crippen LogP contribution in [0.2, 0.25) is 5.02 Å². The van der Waals surface area contributed by atoms with Crippen LogP contribution in [0.3, 0.4) is 0 Å². The number of nitrogens with zero attached hydrogens (tertiary/aromatic N) is 1. The molecular weight excluding hydrogens is 349 g/mol. The van der Waals surface area contributed by atoms with E-state index in [1.165, 1.54) is 24.4 Å². The number of amides is 1. The standard InChI is InChI=1S/C15H12ClF3N2OS/c1-9(23-14-11(16)6-4-8-20-14)13(22)21-12-7-3-2-5-10(12)15(17,18)19/h2-9H,1H3,(H,21,22). The van der Waals surface area contributed by atoms with Gasteiger partial charge >= 0.3 is 6.18 Å². The second-order valence-corrected chi connectivity index (χ2v) is 6.32. The first-order valence-electron chi connectivity index (χ1n) is 6.53. The molecule has 0 radical (unpaired) electrons. The van der Waals surface area contributed by atoms with Crippen LogP contribution in [0.15, 0.2) is 47.6 Å². The van der Waals surface area contributed by atoms with Gasteiger partial charge < -0.3 is 5.32 Å². The summed E-state index contributed by atoms with van der Waals surface area (Å²) in [5, 5.41) is 2.47. The molecule has 0 bridgehead atoms. The van der Waals surface area contributed by atoms with Crippen molar-refractivity contribution in [3.8, 4) is 0 Å². The van der Waals surface area contributed by atoms with Gasteiger partial charge in [0.05, 0.1) is 21.5 Å². The van der Waals surface area contributed by atoms with Gasteiger partial charge in [-0.15, -0.1) is 0 Å². The van der Waals surface area contributed by atoms with E-state index in [9.17, 15) is 18.0 Å². The third-order valence-electron chi connectivity index (χ3n) is 2.87. The van der Waals surface area contributed by atoms with Gasteiger partial charge in [-0.1, -0.05) is 35.5 Å². The van der Waals surface area contributed by atoms with Crippen molar-refractivity contribution in [1.82, 2.24) is 4.98 Å². The molecule has 23 heavy (non-hydrogen) atoms. The van der Waals surface area contributed by atoms with Gasteiger partial charge in [-0.3, -0.25) is 4.79 Å². The molecule has 1 unspecified atom stereocenters. The molecule has 1 amide bonds. The fourth-order valence-corrected chi connectivity index (χ4v) is 2.81. The smallest absolute Gasteiger partial charge is 0.325 e. The van der Waals surface area contributed by atoms with Gasteiger partial charge in [0.15, 0.2) is 0 Å². The van der Waals surface area contributed by atoms with Crippen LogP contribution >= 0.6 is 23.4 Å². The Balaban J connectivity index is 2.12. The van der Waals surface area contributed by atoms with E-state index in [0.29, 0.717) is 10.0 Å². The molecule has 0 saturated heterocycles. The lowest BCUT2D eigenvalue weighted by atomic mass is 10.1. The molecule has 3 nitrogen and oxygen atoms in total. The summed E-state index contributed by atoms with van der Waals surface area (Å²) >= 11 is 7.03. The number of nitrogens with one attached hydrogen (secondary N) is 1. The summed E-state index contributed by atoms with van der Waals surface area (Å²) in [6, 6.07) is 8.11. The van der Waals surface area contributed by atoms with Crippen LogP contribution in [0.1, 0.15) is 12.5 Å². The quantitative estimate of drug-likeness (QED) is 0.791. The van der Waals surface area contributed by atoms with Crippen molar-refractivity contribution < 1.29 is 18.0 Å². The molecule has 8 heteroatoms. The van der Waals surface area contributed by atoms with Crippen molar-refractivity contribution in [3.63, 3.8) is 0 Å². The number of carbonyl (C=O) groups is 1. The van der Waals surface area contributed by atoms with E-state index >= 15 is 0 Å². The van der Waals surface area contributed by atoms with Crippen LogP contribution in [0.25, 0.3) is 0 Å². The van der Waals surface area contributed by atoms with E-state index in [0.717, 1.165) is 17.8 Å². The molecule has 1 atom stereocenters. The Morgan fingerprint density at radius 1 is 1.26 bits per heavy atom. The van der Waals surface area contributed by atoms with E-state index in [1.54, 1.807) is 19.1 Å². The second kappa shape index (κ2) is 7.23. The Bertz CT molecular complexity index is 709. The van der Waals surface area contributed by atoms with Crippen LogP contribution < -0.4 is 5.32 Å². The Morgan fingerprint density at radius 3 is 2.61 bits per heavy atom. The average Bonchev–Trinajstić information content (AvgIpc) is 2.49. The molecule has 0 aliphatic rings. The summed E-state index contributed by atoms with van der Waals surface area (Å²) in [5.74, 6) is -0.562. The summed E-state index contributed by atoms with van der Waals surface area (Å²) in [6.45, 7) is 1.57. The minimum absolute atomic E-state index is 0.274. The molecular formula is C15H12ClF3N2OS. The number of hydrogen-bond acceptors (Lipinski definition) is 3. The number of thioether (sulfide) groups is 1. The molecule has 1 heterocycles. The van der Waals surface area contributed by atoms with Crippen LogP contribution in [-0.4, -0.2) is 16.1 Å². The first-order valence-corrected chi connectivity index (χ1v) is 7.79. The van der Waals surface area contributed by atoms with Crippen LogP contribution in [0.4, 0.5) is 18.9 Å². The number of hydrogen-bond donors (Lipinski definition) is 1. The monoisotopic (exact) mass is 360 g/mol. The van der Waals surface area contributed by atoms with Gasteiger partial charge in [0.2, 0.25) is 5.91 Å². The zero-order valence-electron chi connectivity index (χ0n) is 11.9. The second-order valence-electron chi connectivity index (χ2n) is 4.58. The maximum absolute atomic E-state index is 12.9. The van der Waals surface area contributed by atoms with Crippen LogP contribution in [-0.2, 0) is 11.0 Å². The lowest BCUT2D eigenvalue weighted by Crippen LogP contribution is -2.24. The minimum atomic E-state index is -4.54. The predicted octanol–water partition coefficient (Wildman–Crippen LogP) is 4.87. The Labute approximate surface area is 140 Å². The predicted molar refractivity (Wildman–Crippen MR) is 84.6 cm³/mol. The Morgan fingerprint density at radius 2 is 1.96 bits per heavy atom. The highest BCUT2D eigenvalue weighted by Crippen LogP contribution is 2.35. The third kappa shape index (κ3) is 4.62. The Kier molecular flexibility index (Phi) is 5.54. The minimum Gasteiger partial charge on any atom is -0.325 e. The largest absolute Gasteiger partial charge is 0.418 e. The van der Waals surface area contributed by atoms with Gasteiger partial charge in [-0.05, 0) is 31.2 Å². The highest BCUT2D eigenvalue weighted by molar-refractivity contribution is 8.00. The summed E-state index contributed by atoms with van der Waals surface area (Å²) in [7, 11) is 0. The molecule has 0 aliphatic carbocycles. The first kappa shape index (κ1) is 17.6. The lowest BCUT2D eigenvalue weighted by molar-refractivity contribution is -0.137. The molecule has 0 aliphatic heterocycles. The van der Waals surface area contributed by atoms with Gasteiger partial charge in [0.1, 0.15) is 5.03 Å². The normalized spacial score (nSPS) is 12.7. The van der Waals surface area contributed by atoms with Crippen LogP contribution in [0, 0.1) is 0 Å². The zero-order valence-corrected chi connectivity index (χ0v) is 13.5. The number of halogens is 4. The first-order chi connectivity index (χ1) is 10.8. The fraction of sp³-hybridized carbons (Fsp3) is 0.200. The molecule has 0 fully saturated rings. The average molecular weight is 361 g/mol. The summed E-state index contributed by atoms with van der Waals surface area (Å²) in [5.41, 5.74) is -1.16. The number of rotatable bonds is 4. The van der Waals surface area contributed by atoms with Crippen molar-refractivity contribution in [3.05, 3.63) is 53.2 Å². The maximum atomic E-state index is 12.9.